The molecule has 1 saturated carbocycles. The number of nitrogens with one attached hydrogen (secondary N) is 1. The van der Waals surface area contributed by atoms with E-state index in [0.29, 0.717) is 36.1 Å². The SMILES string of the molecule is CC1(C(=O)N2CC/C(=C\C(=O)Nc3cccc4c3CC(O)CC4)c3ccc(C(F)(F)F)cc32)CCC1. The maximum Gasteiger partial charge on any atom is 0.416 e. The number of amides is 2. The molecule has 190 valence electrons. The van der Waals surface area contributed by atoms with Crippen LogP contribution in [0.25, 0.3) is 5.57 Å². The van der Waals surface area contributed by atoms with Crippen LogP contribution in [0.2, 0.25) is 0 Å². The van der Waals surface area contributed by atoms with E-state index in [4.69, 9.17) is 0 Å². The van der Waals surface area contributed by atoms with E-state index < -0.39 is 29.2 Å². The average Bonchev–Trinajstić information content (AvgIpc) is 2.81. The Hall–Kier alpha value is -3.13. The molecule has 0 bridgehead atoms. The van der Waals surface area contributed by atoms with Crippen LogP contribution >= 0.6 is 0 Å². The minimum atomic E-state index is -4.54. The van der Waals surface area contributed by atoms with Crippen LogP contribution in [-0.4, -0.2) is 29.6 Å². The van der Waals surface area contributed by atoms with Gasteiger partial charge in [-0.05, 0) is 67.0 Å². The number of halogens is 3. The Balaban J connectivity index is 1.46. The molecular weight excluding hydrogens is 469 g/mol. The molecule has 1 aliphatic heterocycles. The van der Waals surface area contributed by atoms with Crippen LogP contribution in [0.5, 0.6) is 0 Å². The van der Waals surface area contributed by atoms with Gasteiger partial charge in [-0.25, -0.2) is 0 Å². The lowest BCUT2D eigenvalue weighted by Crippen LogP contribution is -2.48. The molecule has 36 heavy (non-hydrogen) atoms. The number of benzene rings is 2. The van der Waals surface area contributed by atoms with Crippen molar-refractivity contribution < 1.29 is 27.9 Å². The molecule has 2 amide bonds. The third-order valence-corrected chi connectivity index (χ3v) is 7.81. The zero-order valence-electron chi connectivity index (χ0n) is 20.1. The Labute approximate surface area is 208 Å². The third kappa shape index (κ3) is 4.54. The van der Waals surface area contributed by atoms with Gasteiger partial charge in [0.05, 0.1) is 17.4 Å². The molecular formula is C28H29F3N2O3. The number of carbonyl (C=O) groups excluding carboxylic acids is 2. The first kappa shape index (κ1) is 24.6. The smallest absolute Gasteiger partial charge is 0.393 e. The van der Waals surface area contributed by atoms with Crippen LogP contribution in [0.1, 0.15) is 61.3 Å². The number of fused-ring (bicyclic) bond motifs is 2. The highest BCUT2D eigenvalue weighted by atomic mass is 19.4. The Kier molecular flexibility index (Phi) is 6.19. The summed E-state index contributed by atoms with van der Waals surface area (Å²) >= 11 is 0. The Bertz CT molecular complexity index is 1250. The van der Waals surface area contributed by atoms with Crippen molar-refractivity contribution >= 4 is 28.8 Å². The maximum absolute atomic E-state index is 13.5. The summed E-state index contributed by atoms with van der Waals surface area (Å²) in [5.41, 5.74) is 2.51. The van der Waals surface area contributed by atoms with Crippen LogP contribution in [0, 0.1) is 5.41 Å². The Morgan fingerprint density at radius 3 is 2.64 bits per heavy atom. The van der Waals surface area contributed by atoms with E-state index in [2.05, 4.69) is 5.32 Å². The predicted molar refractivity (Wildman–Crippen MR) is 131 cm³/mol. The first-order chi connectivity index (χ1) is 17.0. The highest BCUT2D eigenvalue weighted by molar-refractivity contribution is 6.08. The molecule has 1 fully saturated rings. The predicted octanol–water partition coefficient (Wildman–Crippen LogP) is 5.50. The summed E-state index contributed by atoms with van der Waals surface area (Å²) in [6, 6.07) is 9.02. The molecule has 2 aromatic rings. The van der Waals surface area contributed by atoms with Crippen LogP contribution in [0.4, 0.5) is 24.5 Å². The molecule has 2 aromatic carbocycles. The van der Waals surface area contributed by atoms with Crippen LogP contribution in [-0.2, 0) is 28.6 Å². The van der Waals surface area contributed by atoms with Gasteiger partial charge in [0.15, 0.2) is 0 Å². The van der Waals surface area contributed by atoms with Gasteiger partial charge in [0.25, 0.3) is 0 Å². The highest BCUT2D eigenvalue weighted by Gasteiger charge is 2.44. The van der Waals surface area contributed by atoms with Crippen molar-refractivity contribution in [3.05, 3.63) is 64.7 Å². The molecule has 1 unspecified atom stereocenters. The lowest BCUT2D eigenvalue weighted by molar-refractivity contribution is -0.137. The van der Waals surface area contributed by atoms with Crippen molar-refractivity contribution in [1.82, 2.24) is 0 Å². The summed E-state index contributed by atoms with van der Waals surface area (Å²) in [4.78, 5) is 27.8. The summed E-state index contributed by atoms with van der Waals surface area (Å²) in [7, 11) is 0. The zero-order valence-corrected chi connectivity index (χ0v) is 20.1. The average molecular weight is 499 g/mol. The van der Waals surface area contributed by atoms with Gasteiger partial charge < -0.3 is 15.3 Å². The second-order valence-corrected chi connectivity index (χ2v) is 10.3. The first-order valence-corrected chi connectivity index (χ1v) is 12.4. The third-order valence-electron chi connectivity index (χ3n) is 7.81. The lowest BCUT2D eigenvalue weighted by Gasteiger charge is -2.43. The van der Waals surface area contributed by atoms with Gasteiger partial charge in [0.1, 0.15) is 0 Å². The van der Waals surface area contributed by atoms with Crippen LogP contribution < -0.4 is 10.2 Å². The van der Waals surface area contributed by atoms with Crippen molar-refractivity contribution in [2.75, 3.05) is 16.8 Å². The topological polar surface area (TPSA) is 69.6 Å². The molecule has 5 rings (SSSR count). The molecule has 3 aliphatic rings. The van der Waals surface area contributed by atoms with Crippen molar-refractivity contribution in [2.24, 2.45) is 5.41 Å². The molecule has 0 spiro atoms. The van der Waals surface area contributed by atoms with E-state index in [9.17, 15) is 27.9 Å². The number of hydrogen-bond donors (Lipinski definition) is 2. The summed E-state index contributed by atoms with van der Waals surface area (Å²) < 4.78 is 40.5. The van der Waals surface area contributed by atoms with E-state index in [1.165, 1.54) is 17.0 Å². The molecule has 0 saturated heterocycles. The molecule has 5 nitrogen and oxygen atoms in total. The van der Waals surface area contributed by atoms with Gasteiger partial charge in [-0.3, -0.25) is 9.59 Å². The molecule has 1 atom stereocenters. The van der Waals surface area contributed by atoms with Gasteiger partial charge >= 0.3 is 6.18 Å². The van der Waals surface area contributed by atoms with Crippen molar-refractivity contribution in [2.45, 2.75) is 64.1 Å². The number of rotatable bonds is 3. The zero-order chi connectivity index (χ0) is 25.7. The molecule has 1 heterocycles. The van der Waals surface area contributed by atoms with Crippen molar-refractivity contribution in [3.8, 4) is 0 Å². The number of anilines is 2. The lowest BCUT2D eigenvalue weighted by atomic mass is 9.69. The van der Waals surface area contributed by atoms with E-state index in [-0.39, 0.29) is 18.1 Å². The number of aryl methyl sites for hydroxylation is 1. The minimum absolute atomic E-state index is 0.160. The minimum Gasteiger partial charge on any atom is -0.393 e. The molecule has 0 aromatic heterocycles. The number of aliphatic hydroxyl groups excluding tert-OH is 1. The second-order valence-electron chi connectivity index (χ2n) is 10.3. The number of nitrogens with zero attached hydrogens (tertiary/aromatic N) is 1. The summed E-state index contributed by atoms with van der Waals surface area (Å²) in [6.07, 6.45) is 1.02. The largest absolute Gasteiger partial charge is 0.416 e. The summed E-state index contributed by atoms with van der Waals surface area (Å²) in [5.74, 6) is -0.553. The molecule has 2 N–H and O–H groups in total. The van der Waals surface area contributed by atoms with E-state index in [0.717, 1.165) is 48.9 Å². The quantitative estimate of drug-likeness (QED) is 0.549. The normalized spacial score (nSPS) is 21.9. The summed E-state index contributed by atoms with van der Waals surface area (Å²) in [5, 5.41) is 13.0. The summed E-state index contributed by atoms with van der Waals surface area (Å²) in [6.45, 7) is 2.08. The van der Waals surface area contributed by atoms with Gasteiger partial charge in [0.2, 0.25) is 11.8 Å². The fourth-order valence-corrected chi connectivity index (χ4v) is 5.51. The number of alkyl halides is 3. The fourth-order valence-electron chi connectivity index (χ4n) is 5.51. The maximum atomic E-state index is 13.5. The second kappa shape index (κ2) is 9.07. The van der Waals surface area contributed by atoms with Crippen molar-refractivity contribution in [1.29, 1.82) is 0 Å². The highest BCUT2D eigenvalue weighted by Crippen LogP contribution is 2.46. The van der Waals surface area contributed by atoms with E-state index in [1.54, 1.807) is 6.07 Å². The van der Waals surface area contributed by atoms with Crippen LogP contribution in [0.15, 0.2) is 42.5 Å². The first-order valence-electron chi connectivity index (χ1n) is 12.4. The van der Waals surface area contributed by atoms with Gasteiger partial charge in [-0.2, -0.15) is 13.2 Å². The molecule has 0 radical (unpaired) electrons. The van der Waals surface area contributed by atoms with Crippen molar-refractivity contribution in [3.63, 3.8) is 0 Å². The van der Waals surface area contributed by atoms with Gasteiger partial charge in [0, 0.05) is 35.7 Å². The number of carbonyl (C=O) groups is 2. The van der Waals surface area contributed by atoms with Gasteiger partial charge in [-0.15, -0.1) is 0 Å². The Morgan fingerprint density at radius 2 is 1.94 bits per heavy atom. The monoisotopic (exact) mass is 498 g/mol. The van der Waals surface area contributed by atoms with E-state index in [1.807, 2.05) is 19.1 Å². The Morgan fingerprint density at radius 1 is 1.17 bits per heavy atom. The number of aliphatic hydroxyl groups is 1. The van der Waals surface area contributed by atoms with Gasteiger partial charge in [-0.1, -0.05) is 31.5 Å². The van der Waals surface area contributed by atoms with Crippen LogP contribution in [0.3, 0.4) is 0 Å². The fraction of sp³-hybridized carbons (Fsp3) is 0.429. The number of hydrogen-bond acceptors (Lipinski definition) is 3. The molecule has 8 heteroatoms. The van der Waals surface area contributed by atoms with E-state index >= 15 is 0 Å². The standard InChI is InChI=1S/C28H29F3N2O3/c1-27(11-3-12-27)26(36)33-13-10-18(21-9-7-19(15-24(21)33)28(29,30)31)14-25(35)32-23-5-2-4-17-6-8-20(34)16-22(17)23/h2,4-5,7,9,14-15,20,34H,3,6,8,10-13,16H2,1H3,(H,32,35)/b18-14+. The molecule has 2 aliphatic carbocycles.